The number of aryl methyl sites for hydroxylation is 2. The first kappa shape index (κ1) is 25.2. The molecule has 0 radical (unpaired) electrons. The standard InChI is InChI=1S/C30H36N2O2/c1-3-4-21-31-30(34)28(22-26-13-9-6-10-14-26)32(23-27-17-15-24(2)16-18-27)29(33)20-19-25-11-7-5-8-12-25/h5-18,28H,3-4,19-23H2,1-2H3,(H,31,34). The number of rotatable bonds is 12. The third kappa shape index (κ3) is 7.87. The van der Waals surface area contributed by atoms with Crippen LogP contribution in [-0.4, -0.2) is 29.3 Å². The van der Waals surface area contributed by atoms with Crippen molar-refractivity contribution in [2.45, 2.75) is 58.5 Å². The quantitative estimate of drug-likeness (QED) is 0.367. The molecule has 0 aromatic heterocycles. The fourth-order valence-electron chi connectivity index (χ4n) is 3.99. The van der Waals surface area contributed by atoms with Crippen LogP contribution in [0.2, 0.25) is 0 Å². The van der Waals surface area contributed by atoms with Gasteiger partial charge in [-0.2, -0.15) is 0 Å². The number of hydrogen-bond acceptors (Lipinski definition) is 2. The van der Waals surface area contributed by atoms with Gasteiger partial charge in [-0.05, 0) is 36.5 Å². The molecule has 1 unspecified atom stereocenters. The Labute approximate surface area is 204 Å². The molecule has 3 rings (SSSR count). The predicted molar refractivity (Wildman–Crippen MR) is 138 cm³/mol. The Morgan fingerprint density at radius 1 is 0.824 bits per heavy atom. The van der Waals surface area contributed by atoms with Gasteiger partial charge in [0.15, 0.2) is 0 Å². The highest BCUT2D eigenvalue weighted by Crippen LogP contribution is 2.17. The lowest BCUT2D eigenvalue weighted by atomic mass is 10.0. The molecule has 0 heterocycles. The lowest BCUT2D eigenvalue weighted by Crippen LogP contribution is -2.50. The van der Waals surface area contributed by atoms with Crippen molar-refractivity contribution in [3.05, 3.63) is 107 Å². The summed E-state index contributed by atoms with van der Waals surface area (Å²) in [6.45, 7) is 5.18. The molecule has 4 heteroatoms. The van der Waals surface area contributed by atoms with E-state index in [1.165, 1.54) is 5.56 Å². The Kier molecular flexibility index (Phi) is 9.90. The van der Waals surface area contributed by atoms with E-state index in [0.29, 0.717) is 32.4 Å². The molecule has 0 saturated heterocycles. The lowest BCUT2D eigenvalue weighted by molar-refractivity contribution is -0.141. The Morgan fingerprint density at radius 3 is 2.06 bits per heavy atom. The molecule has 0 saturated carbocycles. The normalized spacial score (nSPS) is 11.6. The third-order valence-electron chi connectivity index (χ3n) is 6.04. The van der Waals surface area contributed by atoms with Crippen LogP contribution in [0.3, 0.4) is 0 Å². The van der Waals surface area contributed by atoms with Crippen molar-refractivity contribution in [3.63, 3.8) is 0 Å². The second-order valence-corrected chi connectivity index (χ2v) is 8.84. The summed E-state index contributed by atoms with van der Waals surface area (Å²) in [6, 6.07) is 27.6. The SMILES string of the molecule is CCCCNC(=O)C(Cc1ccccc1)N(Cc1ccc(C)cc1)C(=O)CCc1ccccc1. The van der Waals surface area contributed by atoms with Crippen LogP contribution in [0.15, 0.2) is 84.9 Å². The minimum Gasteiger partial charge on any atom is -0.354 e. The van der Waals surface area contributed by atoms with Crippen molar-refractivity contribution in [3.8, 4) is 0 Å². The summed E-state index contributed by atoms with van der Waals surface area (Å²) in [5.74, 6) is -0.0894. The Morgan fingerprint density at radius 2 is 1.44 bits per heavy atom. The molecule has 1 atom stereocenters. The van der Waals surface area contributed by atoms with Crippen LogP contribution in [0, 0.1) is 6.92 Å². The van der Waals surface area contributed by atoms with E-state index < -0.39 is 6.04 Å². The van der Waals surface area contributed by atoms with Crippen molar-refractivity contribution in [2.75, 3.05) is 6.54 Å². The van der Waals surface area contributed by atoms with E-state index in [2.05, 4.69) is 24.4 Å². The van der Waals surface area contributed by atoms with Crippen LogP contribution >= 0.6 is 0 Å². The summed E-state index contributed by atoms with van der Waals surface area (Å²) < 4.78 is 0. The van der Waals surface area contributed by atoms with Crippen LogP contribution in [-0.2, 0) is 29.0 Å². The van der Waals surface area contributed by atoms with E-state index in [1.54, 1.807) is 4.90 Å². The molecule has 0 aliphatic rings. The zero-order valence-corrected chi connectivity index (χ0v) is 20.4. The molecular formula is C30H36N2O2. The number of amides is 2. The summed E-state index contributed by atoms with van der Waals surface area (Å²) >= 11 is 0. The van der Waals surface area contributed by atoms with Gasteiger partial charge in [0.1, 0.15) is 6.04 Å². The van der Waals surface area contributed by atoms with E-state index in [0.717, 1.165) is 29.5 Å². The van der Waals surface area contributed by atoms with E-state index >= 15 is 0 Å². The van der Waals surface area contributed by atoms with Gasteiger partial charge in [-0.25, -0.2) is 0 Å². The van der Waals surface area contributed by atoms with Gasteiger partial charge in [0, 0.05) is 25.9 Å². The average molecular weight is 457 g/mol. The van der Waals surface area contributed by atoms with Gasteiger partial charge in [0.05, 0.1) is 0 Å². The predicted octanol–water partition coefficient (Wildman–Crippen LogP) is 5.48. The number of carbonyl (C=O) groups excluding carboxylic acids is 2. The monoisotopic (exact) mass is 456 g/mol. The number of benzene rings is 3. The summed E-state index contributed by atoms with van der Waals surface area (Å²) in [7, 11) is 0. The first-order chi connectivity index (χ1) is 16.6. The molecule has 4 nitrogen and oxygen atoms in total. The molecule has 0 aliphatic heterocycles. The van der Waals surface area contributed by atoms with Gasteiger partial charge < -0.3 is 10.2 Å². The first-order valence-electron chi connectivity index (χ1n) is 12.3. The molecule has 3 aromatic rings. The number of unbranched alkanes of at least 4 members (excludes halogenated alkanes) is 1. The van der Waals surface area contributed by atoms with Crippen molar-refractivity contribution in [1.82, 2.24) is 10.2 Å². The van der Waals surface area contributed by atoms with Crippen LogP contribution in [0.4, 0.5) is 0 Å². The minimum atomic E-state index is -0.566. The Bertz CT molecular complexity index is 1020. The first-order valence-corrected chi connectivity index (χ1v) is 12.3. The summed E-state index contributed by atoms with van der Waals surface area (Å²) in [5, 5.41) is 3.08. The van der Waals surface area contributed by atoms with Crippen LogP contribution in [0.1, 0.15) is 48.4 Å². The zero-order valence-electron chi connectivity index (χ0n) is 20.4. The fraction of sp³-hybridized carbons (Fsp3) is 0.333. The molecule has 0 spiro atoms. The molecular weight excluding hydrogens is 420 g/mol. The molecule has 34 heavy (non-hydrogen) atoms. The zero-order chi connectivity index (χ0) is 24.2. The second kappa shape index (κ2) is 13.3. The van der Waals surface area contributed by atoms with Crippen molar-refractivity contribution in [2.24, 2.45) is 0 Å². The molecule has 0 bridgehead atoms. The fourth-order valence-corrected chi connectivity index (χ4v) is 3.99. The number of nitrogens with zero attached hydrogens (tertiary/aromatic N) is 1. The molecule has 178 valence electrons. The summed E-state index contributed by atoms with van der Waals surface area (Å²) in [5.41, 5.74) is 4.36. The highest BCUT2D eigenvalue weighted by atomic mass is 16.2. The number of carbonyl (C=O) groups is 2. The molecule has 1 N–H and O–H groups in total. The van der Waals surface area contributed by atoms with Gasteiger partial charge in [-0.3, -0.25) is 9.59 Å². The van der Waals surface area contributed by atoms with Crippen LogP contribution in [0.5, 0.6) is 0 Å². The van der Waals surface area contributed by atoms with E-state index in [4.69, 9.17) is 0 Å². The van der Waals surface area contributed by atoms with Crippen molar-refractivity contribution < 1.29 is 9.59 Å². The second-order valence-electron chi connectivity index (χ2n) is 8.84. The van der Waals surface area contributed by atoms with Gasteiger partial charge >= 0.3 is 0 Å². The molecule has 2 amide bonds. The van der Waals surface area contributed by atoms with Gasteiger partial charge in [0.25, 0.3) is 0 Å². The topological polar surface area (TPSA) is 49.4 Å². The Balaban J connectivity index is 1.86. The van der Waals surface area contributed by atoms with Crippen molar-refractivity contribution >= 4 is 11.8 Å². The van der Waals surface area contributed by atoms with E-state index in [1.807, 2.05) is 79.7 Å². The van der Waals surface area contributed by atoms with Gasteiger partial charge in [-0.1, -0.05) is 104 Å². The van der Waals surface area contributed by atoms with Gasteiger partial charge in [0.2, 0.25) is 11.8 Å². The molecule has 3 aromatic carbocycles. The maximum absolute atomic E-state index is 13.6. The third-order valence-corrected chi connectivity index (χ3v) is 6.04. The summed E-state index contributed by atoms with van der Waals surface area (Å²) in [4.78, 5) is 28.8. The smallest absolute Gasteiger partial charge is 0.243 e. The highest BCUT2D eigenvalue weighted by molar-refractivity contribution is 5.88. The van der Waals surface area contributed by atoms with Crippen LogP contribution in [0.25, 0.3) is 0 Å². The van der Waals surface area contributed by atoms with Crippen LogP contribution < -0.4 is 5.32 Å². The van der Waals surface area contributed by atoms with E-state index in [9.17, 15) is 9.59 Å². The van der Waals surface area contributed by atoms with Crippen molar-refractivity contribution in [1.29, 1.82) is 0 Å². The van der Waals surface area contributed by atoms with E-state index in [-0.39, 0.29) is 11.8 Å². The maximum atomic E-state index is 13.6. The lowest BCUT2D eigenvalue weighted by Gasteiger charge is -2.32. The van der Waals surface area contributed by atoms with Gasteiger partial charge in [-0.15, -0.1) is 0 Å². The largest absolute Gasteiger partial charge is 0.354 e. The molecule has 0 aliphatic carbocycles. The average Bonchev–Trinajstić information content (AvgIpc) is 2.87. The molecule has 0 fully saturated rings. The number of hydrogen-bond donors (Lipinski definition) is 1. The maximum Gasteiger partial charge on any atom is 0.243 e. The number of nitrogens with one attached hydrogen (secondary N) is 1. The Hall–Kier alpha value is -3.40. The minimum absolute atomic E-state index is 0.00370. The highest BCUT2D eigenvalue weighted by Gasteiger charge is 2.30. The summed E-state index contributed by atoms with van der Waals surface area (Å²) in [6.07, 6.45) is 3.43.